The van der Waals surface area contributed by atoms with Gasteiger partial charge in [0.15, 0.2) is 5.78 Å². The SMILES string of the molecule is CCOC(=O)CCCC(=O)c1ccc(Cl)c(C(F)(F)F)c1. The number of halogens is 4. The van der Waals surface area contributed by atoms with Crippen LogP contribution in [0.3, 0.4) is 0 Å². The zero-order chi connectivity index (χ0) is 16.0. The van der Waals surface area contributed by atoms with Crippen molar-refractivity contribution >= 4 is 23.4 Å². The van der Waals surface area contributed by atoms with Crippen molar-refractivity contribution in [2.45, 2.75) is 32.4 Å². The quantitative estimate of drug-likeness (QED) is 0.580. The maximum atomic E-state index is 12.7. The normalized spacial score (nSPS) is 11.3. The van der Waals surface area contributed by atoms with E-state index >= 15 is 0 Å². The van der Waals surface area contributed by atoms with E-state index in [2.05, 4.69) is 0 Å². The van der Waals surface area contributed by atoms with Gasteiger partial charge in [-0.15, -0.1) is 0 Å². The summed E-state index contributed by atoms with van der Waals surface area (Å²) >= 11 is 5.47. The number of carbonyl (C=O) groups excluding carboxylic acids is 2. The summed E-state index contributed by atoms with van der Waals surface area (Å²) in [6.07, 6.45) is -4.36. The molecule has 116 valence electrons. The number of Topliss-reactive ketones (excluding diaryl/α,β-unsaturated/α-hetero) is 1. The molecule has 0 N–H and O–H groups in total. The van der Waals surface area contributed by atoms with Crippen molar-refractivity contribution in [3.63, 3.8) is 0 Å². The van der Waals surface area contributed by atoms with Crippen LogP contribution in [-0.2, 0) is 15.7 Å². The van der Waals surface area contributed by atoms with Crippen molar-refractivity contribution < 1.29 is 27.5 Å². The van der Waals surface area contributed by atoms with Crippen molar-refractivity contribution in [2.75, 3.05) is 6.61 Å². The van der Waals surface area contributed by atoms with Crippen LogP contribution in [0.1, 0.15) is 42.1 Å². The summed E-state index contributed by atoms with van der Waals surface area (Å²) in [5, 5.41) is -0.453. The van der Waals surface area contributed by atoms with E-state index in [0.29, 0.717) is 0 Å². The smallest absolute Gasteiger partial charge is 0.417 e. The lowest BCUT2D eigenvalue weighted by atomic mass is 10.0. The summed E-state index contributed by atoms with van der Waals surface area (Å²) in [5.74, 6) is -0.904. The molecule has 0 bridgehead atoms. The second-order valence-electron chi connectivity index (χ2n) is 4.27. The lowest BCUT2D eigenvalue weighted by Gasteiger charge is -2.10. The van der Waals surface area contributed by atoms with Crippen LogP contribution in [0, 0.1) is 0 Å². The van der Waals surface area contributed by atoms with E-state index < -0.39 is 28.5 Å². The summed E-state index contributed by atoms with van der Waals surface area (Å²) in [6.45, 7) is 1.91. The molecule has 21 heavy (non-hydrogen) atoms. The van der Waals surface area contributed by atoms with Gasteiger partial charge < -0.3 is 4.74 Å². The molecule has 0 fully saturated rings. The number of benzene rings is 1. The van der Waals surface area contributed by atoms with E-state index in [9.17, 15) is 22.8 Å². The first-order chi connectivity index (χ1) is 9.75. The maximum Gasteiger partial charge on any atom is 0.417 e. The fraction of sp³-hybridized carbons (Fsp3) is 0.429. The number of esters is 1. The minimum atomic E-state index is -4.61. The van der Waals surface area contributed by atoms with Gasteiger partial charge in [-0.05, 0) is 31.5 Å². The monoisotopic (exact) mass is 322 g/mol. The van der Waals surface area contributed by atoms with Crippen LogP contribution in [0.5, 0.6) is 0 Å². The highest BCUT2D eigenvalue weighted by molar-refractivity contribution is 6.31. The molecule has 7 heteroatoms. The van der Waals surface area contributed by atoms with Gasteiger partial charge in [-0.3, -0.25) is 9.59 Å². The van der Waals surface area contributed by atoms with Crippen molar-refractivity contribution in [3.05, 3.63) is 34.3 Å². The Labute approximate surface area is 125 Å². The molecule has 0 unspecified atom stereocenters. The Morgan fingerprint density at radius 2 is 1.90 bits per heavy atom. The zero-order valence-electron chi connectivity index (χ0n) is 11.3. The van der Waals surface area contributed by atoms with E-state index in [4.69, 9.17) is 16.3 Å². The Hall–Kier alpha value is -1.56. The average molecular weight is 323 g/mol. The van der Waals surface area contributed by atoms with Crippen molar-refractivity contribution in [3.8, 4) is 0 Å². The van der Waals surface area contributed by atoms with E-state index in [1.807, 2.05) is 0 Å². The van der Waals surface area contributed by atoms with Gasteiger partial charge in [0, 0.05) is 18.4 Å². The molecule has 0 aliphatic rings. The van der Waals surface area contributed by atoms with Crippen LogP contribution < -0.4 is 0 Å². The topological polar surface area (TPSA) is 43.4 Å². The molecule has 0 radical (unpaired) electrons. The number of alkyl halides is 3. The van der Waals surface area contributed by atoms with Gasteiger partial charge in [0.1, 0.15) is 0 Å². The molecular weight excluding hydrogens is 309 g/mol. The first-order valence-corrected chi connectivity index (χ1v) is 6.69. The minimum Gasteiger partial charge on any atom is -0.466 e. The van der Waals surface area contributed by atoms with Crippen LogP contribution in [0.15, 0.2) is 18.2 Å². The standard InChI is InChI=1S/C14H14ClF3O3/c1-2-21-13(20)5-3-4-12(19)9-6-7-11(15)10(8-9)14(16,17)18/h6-8H,2-5H2,1H3. The van der Waals surface area contributed by atoms with Crippen LogP contribution in [-0.4, -0.2) is 18.4 Å². The fourth-order valence-electron chi connectivity index (χ4n) is 1.69. The lowest BCUT2D eigenvalue weighted by molar-refractivity contribution is -0.143. The predicted molar refractivity (Wildman–Crippen MR) is 71.3 cm³/mol. The Bertz CT molecular complexity index is 527. The summed E-state index contributed by atoms with van der Waals surface area (Å²) in [7, 11) is 0. The summed E-state index contributed by atoms with van der Waals surface area (Å²) < 4.78 is 42.7. The Morgan fingerprint density at radius 1 is 1.24 bits per heavy atom. The molecule has 0 aliphatic carbocycles. The number of hydrogen-bond acceptors (Lipinski definition) is 3. The Kier molecular flexibility index (Phi) is 6.20. The van der Waals surface area contributed by atoms with Crippen molar-refractivity contribution in [1.82, 2.24) is 0 Å². The van der Waals surface area contributed by atoms with Gasteiger partial charge in [-0.2, -0.15) is 13.2 Å². The highest BCUT2D eigenvalue weighted by Gasteiger charge is 2.33. The summed E-state index contributed by atoms with van der Waals surface area (Å²) in [5.41, 5.74) is -1.11. The molecule has 0 aromatic heterocycles. The molecule has 1 rings (SSSR count). The molecule has 1 aromatic rings. The zero-order valence-corrected chi connectivity index (χ0v) is 12.1. The number of carbonyl (C=O) groups is 2. The first-order valence-electron chi connectivity index (χ1n) is 6.31. The van der Waals surface area contributed by atoms with Crippen molar-refractivity contribution in [2.24, 2.45) is 0 Å². The van der Waals surface area contributed by atoms with E-state index in [0.717, 1.165) is 12.1 Å². The second-order valence-corrected chi connectivity index (χ2v) is 4.68. The Balaban J connectivity index is 2.69. The summed E-state index contributed by atoms with van der Waals surface area (Å²) in [6, 6.07) is 3.02. The van der Waals surface area contributed by atoms with Gasteiger partial charge in [-0.1, -0.05) is 11.6 Å². The summed E-state index contributed by atoms with van der Waals surface area (Å²) in [4.78, 5) is 22.9. The van der Waals surface area contributed by atoms with Gasteiger partial charge in [0.2, 0.25) is 0 Å². The largest absolute Gasteiger partial charge is 0.466 e. The van der Waals surface area contributed by atoms with Crippen LogP contribution in [0.4, 0.5) is 13.2 Å². The fourth-order valence-corrected chi connectivity index (χ4v) is 1.91. The molecule has 0 spiro atoms. The minimum absolute atomic E-state index is 0.0300. The first kappa shape index (κ1) is 17.5. The van der Waals surface area contributed by atoms with E-state index in [-0.39, 0.29) is 31.4 Å². The van der Waals surface area contributed by atoms with Crippen molar-refractivity contribution in [1.29, 1.82) is 0 Å². The number of ketones is 1. The average Bonchev–Trinajstić information content (AvgIpc) is 2.38. The molecular formula is C14H14ClF3O3. The lowest BCUT2D eigenvalue weighted by Crippen LogP contribution is -2.09. The Morgan fingerprint density at radius 3 is 2.48 bits per heavy atom. The van der Waals surface area contributed by atoms with Crippen LogP contribution in [0.2, 0.25) is 5.02 Å². The van der Waals surface area contributed by atoms with Gasteiger partial charge in [-0.25, -0.2) is 0 Å². The van der Waals surface area contributed by atoms with Gasteiger partial charge >= 0.3 is 12.1 Å². The second kappa shape index (κ2) is 7.45. The van der Waals surface area contributed by atoms with Gasteiger partial charge in [0.25, 0.3) is 0 Å². The molecule has 0 heterocycles. The highest BCUT2D eigenvalue weighted by Crippen LogP contribution is 2.35. The van der Waals surface area contributed by atoms with E-state index in [1.165, 1.54) is 6.07 Å². The van der Waals surface area contributed by atoms with Gasteiger partial charge in [0.05, 0.1) is 17.2 Å². The molecule has 0 amide bonds. The molecule has 3 nitrogen and oxygen atoms in total. The highest BCUT2D eigenvalue weighted by atomic mass is 35.5. The molecule has 0 saturated carbocycles. The molecule has 0 aliphatic heterocycles. The predicted octanol–water partition coefficient (Wildman–Crippen LogP) is 4.27. The molecule has 0 atom stereocenters. The number of rotatable bonds is 6. The third-order valence-electron chi connectivity index (χ3n) is 2.68. The molecule has 0 saturated heterocycles. The van der Waals surface area contributed by atoms with Crippen LogP contribution in [0.25, 0.3) is 0 Å². The maximum absolute atomic E-state index is 12.7. The van der Waals surface area contributed by atoms with E-state index in [1.54, 1.807) is 6.92 Å². The molecule has 1 aromatic carbocycles. The number of hydrogen-bond donors (Lipinski definition) is 0. The third-order valence-corrected chi connectivity index (χ3v) is 3.01. The van der Waals surface area contributed by atoms with Crippen LogP contribution >= 0.6 is 11.6 Å². The third kappa shape index (κ3) is 5.38. The number of ether oxygens (including phenoxy) is 1.